The smallest absolute Gasteiger partial charge is 0.307 e. The minimum atomic E-state index is -0.530. The minimum absolute atomic E-state index is 0.0743. The van der Waals surface area contributed by atoms with Crippen molar-refractivity contribution in [2.75, 3.05) is 5.32 Å². The summed E-state index contributed by atoms with van der Waals surface area (Å²) in [6.45, 7) is 0. The number of benzene rings is 2. The van der Waals surface area contributed by atoms with E-state index in [1.165, 1.54) is 6.07 Å². The highest BCUT2D eigenvalue weighted by Crippen LogP contribution is 2.21. The lowest BCUT2D eigenvalue weighted by Crippen LogP contribution is -2.14. The number of hydrogen-bond donors (Lipinski definition) is 3. The molecule has 2 aromatic carbocycles. The van der Waals surface area contributed by atoms with Gasteiger partial charge in [0.15, 0.2) is 11.2 Å². The number of hydrogen-bond acceptors (Lipinski definition) is 6. The maximum Gasteiger partial charge on any atom is 0.307 e. The van der Waals surface area contributed by atoms with Crippen LogP contribution in [-0.4, -0.2) is 16.0 Å². The van der Waals surface area contributed by atoms with E-state index in [-0.39, 0.29) is 21.9 Å². The monoisotopic (exact) mass is 394 g/mol. The number of H-pyrrole nitrogens is 1. The number of aromatic amines is 1. The molecule has 28 heavy (non-hydrogen) atoms. The van der Waals surface area contributed by atoms with Crippen LogP contribution < -0.4 is 15.6 Å². The van der Waals surface area contributed by atoms with Crippen molar-refractivity contribution >= 4 is 33.9 Å². The largest absolute Gasteiger partial charge is 0.494 e. The summed E-state index contributed by atoms with van der Waals surface area (Å²) in [7, 11) is 0. The summed E-state index contributed by atoms with van der Waals surface area (Å²) in [6.07, 6.45) is 0.392. The van der Waals surface area contributed by atoms with Crippen molar-refractivity contribution in [2.24, 2.45) is 0 Å². The van der Waals surface area contributed by atoms with E-state index in [1.807, 2.05) is 0 Å². The average Bonchev–Trinajstić information content (AvgIpc) is 3.00. The van der Waals surface area contributed by atoms with Gasteiger partial charge in [-0.3, -0.25) is 19.4 Å². The number of rotatable bonds is 4. The highest BCUT2D eigenvalue weighted by Gasteiger charge is 2.13. The maximum atomic E-state index is 12.4. The van der Waals surface area contributed by atoms with E-state index in [2.05, 4.69) is 10.3 Å². The van der Waals surface area contributed by atoms with Crippen molar-refractivity contribution in [2.45, 2.75) is 6.42 Å². The zero-order valence-electron chi connectivity index (χ0n) is 14.4. The van der Waals surface area contributed by atoms with Crippen LogP contribution in [0.3, 0.4) is 0 Å². The number of carbonyl (C=O) groups is 1. The molecular formula is C20H14N2O5S. The van der Waals surface area contributed by atoms with E-state index >= 15 is 0 Å². The normalized spacial score (nSPS) is 10.9. The van der Waals surface area contributed by atoms with Crippen molar-refractivity contribution < 1.29 is 14.3 Å². The molecule has 3 N–H and O–H groups in total. The molecule has 0 fully saturated rings. The van der Waals surface area contributed by atoms with Crippen LogP contribution in [0.5, 0.6) is 5.88 Å². The van der Waals surface area contributed by atoms with Gasteiger partial charge in [0, 0.05) is 18.2 Å². The molecule has 4 rings (SSSR count). The first kappa shape index (κ1) is 17.7. The summed E-state index contributed by atoms with van der Waals surface area (Å²) in [5, 5.41) is 12.7. The molecule has 2 aromatic heterocycles. The Morgan fingerprint density at radius 2 is 1.86 bits per heavy atom. The molecule has 7 nitrogen and oxygen atoms in total. The summed E-state index contributed by atoms with van der Waals surface area (Å²) in [5.74, 6) is -0.731. The molecule has 140 valence electrons. The van der Waals surface area contributed by atoms with Crippen LogP contribution in [-0.2, 0) is 6.42 Å². The van der Waals surface area contributed by atoms with E-state index in [9.17, 15) is 19.5 Å². The Labute approximate surface area is 161 Å². The number of carbonyl (C=O) groups excluding carboxylic acids is 1. The fourth-order valence-corrected chi connectivity index (χ4v) is 3.53. The van der Waals surface area contributed by atoms with Crippen molar-refractivity contribution in [3.63, 3.8) is 0 Å². The lowest BCUT2D eigenvalue weighted by molar-refractivity contribution is 0.0997. The number of fused-ring (bicyclic) bond motifs is 1. The Bertz CT molecular complexity index is 1280. The number of aromatic hydroxyl groups is 1. The molecule has 0 bridgehead atoms. The first-order valence-corrected chi connectivity index (χ1v) is 9.15. The van der Waals surface area contributed by atoms with Crippen LogP contribution in [0, 0.1) is 0 Å². The molecule has 0 aliphatic rings. The van der Waals surface area contributed by atoms with Crippen LogP contribution in [0.25, 0.3) is 11.0 Å². The molecule has 0 saturated heterocycles. The fourth-order valence-electron chi connectivity index (χ4n) is 2.77. The van der Waals surface area contributed by atoms with E-state index in [4.69, 9.17) is 4.42 Å². The Kier molecular flexibility index (Phi) is 4.54. The number of nitrogens with one attached hydrogen (secondary N) is 2. The lowest BCUT2D eigenvalue weighted by atomic mass is 10.1. The topological polar surface area (TPSA) is 112 Å². The zero-order valence-corrected chi connectivity index (χ0v) is 15.2. The van der Waals surface area contributed by atoms with Crippen molar-refractivity contribution in [1.82, 2.24) is 4.98 Å². The van der Waals surface area contributed by atoms with Gasteiger partial charge in [0.1, 0.15) is 5.58 Å². The van der Waals surface area contributed by atoms with Gasteiger partial charge in [-0.25, -0.2) is 0 Å². The third kappa shape index (κ3) is 3.58. The van der Waals surface area contributed by atoms with Gasteiger partial charge in [0.2, 0.25) is 5.88 Å². The van der Waals surface area contributed by atoms with Crippen LogP contribution >= 0.6 is 11.3 Å². The summed E-state index contributed by atoms with van der Waals surface area (Å²) >= 11 is 0.951. The van der Waals surface area contributed by atoms with Crippen LogP contribution in [0.1, 0.15) is 21.0 Å². The molecular weight excluding hydrogens is 380 g/mol. The van der Waals surface area contributed by atoms with Crippen molar-refractivity contribution in [1.29, 1.82) is 0 Å². The Morgan fingerprint density at radius 3 is 2.57 bits per heavy atom. The standard InChI is InChI=1S/C20H14N2O5S/c23-14-10-16(27-15-4-2-1-3-13(14)15)18(24)21-12-7-5-11(6-8-12)9-17-19(25)22-20(26)28-17/h1-8,10,25H,9H2,(H,21,24)(H,22,26). The predicted octanol–water partition coefficient (Wildman–Crippen LogP) is 3.09. The molecule has 0 unspecified atom stereocenters. The minimum Gasteiger partial charge on any atom is -0.494 e. The summed E-state index contributed by atoms with van der Waals surface area (Å²) in [4.78, 5) is 38.3. The SMILES string of the molecule is O=C(Nc1ccc(Cc2sc(=O)[nH]c2O)cc1)c1cc(=O)c2ccccc2o1. The molecule has 0 radical (unpaired) electrons. The third-order valence-electron chi connectivity index (χ3n) is 4.14. The lowest BCUT2D eigenvalue weighted by Gasteiger charge is -2.06. The number of thiazole rings is 1. The highest BCUT2D eigenvalue weighted by molar-refractivity contribution is 7.09. The first-order chi connectivity index (χ1) is 13.5. The van der Waals surface area contributed by atoms with E-state index in [0.717, 1.165) is 16.9 Å². The average molecular weight is 394 g/mol. The number of para-hydroxylation sites is 1. The molecule has 1 amide bonds. The molecule has 4 aromatic rings. The van der Waals surface area contributed by atoms with Crippen LogP contribution in [0.2, 0.25) is 0 Å². The third-order valence-corrected chi connectivity index (χ3v) is 5.01. The van der Waals surface area contributed by atoms with Gasteiger partial charge in [-0.2, -0.15) is 0 Å². The van der Waals surface area contributed by atoms with E-state index in [1.54, 1.807) is 48.5 Å². The van der Waals surface area contributed by atoms with Gasteiger partial charge < -0.3 is 14.8 Å². The molecule has 0 saturated carbocycles. The van der Waals surface area contributed by atoms with Gasteiger partial charge in [0.05, 0.1) is 10.3 Å². The molecule has 8 heteroatoms. The number of amides is 1. The molecule has 0 spiro atoms. The second kappa shape index (κ2) is 7.16. The molecule has 2 heterocycles. The summed E-state index contributed by atoms with van der Waals surface area (Å²) in [6, 6.07) is 14.8. The molecule has 0 aliphatic heterocycles. The van der Waals surface area contributed by atoms with Crippen molar-refractivity contribution in [3.05, 3.63) is 90.7 Å². The van der Waals surface area contributed by atoms with Gasteiger partial charge in [-0.15, -0.1) is 0 Å². The van der Waals surface area contributed by atoms with E-state index in [0.29, 0.717) is 28.0 Å². The maximum absolute atomic E-state index is 12.4. The zero-order chi connectivity index (χ0) is 19.7. The summed E-state index contributed by atoms with van der Waals surface area (Å²) < 4.78 is 5.52. The van der Waals surface area contributed by atoms with Gasteiger partial charge in [-0.1, -0.05) is 35.6 Å². The van der Waals surface area contributed by atoms with Crippen molar-refractivity contribution in [3.8, 4) is 5.88 Å². The first-order valence-electron chi connectivity index (χ1n) is 8.34. The number of aromatic nitrogens is 1. The molecule has 0 atom stereocenters. The van der Waals surface area contributed by atoms with Gasteiger partial charge in [-0.05, 0) is 29.8 Å². The Hall–Kier alpha value is -3.65. The molecule has 0 aliphatic carbocycles. The number of anilines is 1. The Balaban J connectivity index is 1.51. The van der Waals surface area contributed by atoms with Crippen LogP contribution in [0.15, 0.2) is 68.6 Å². The second-order valence-corrected chi connectivity index (χ2v) is 7.15. The second-order valence-electron chi connectivity index (χ2n) is 6.09. The van der Waals surface area contributed by atoms with E-state index < -0.39 is 5.91 Å². The van der Waals surface area contributed by atoms with Gasteiger partial charge in [0.25, 0.3) is 5.91 Å². The van der Waals surface area contributed by atoms with Crippen LogP contribution in [0.4, 0.5) is 5.69 Å². The highest BCUT2D eigenvalue weighted by atomic mass is 32.1. The quantitative estimate of drug-likeness (QED) is 0.492. The van der Waals surface area contributed by atoms with Gasteiger partial charge >= 0.3 is 4.87 Å². The fraction of sp³-hybridized carbons (Fsp3) is 0.0500. The Morgan fingerprint density at radius 1 is 1.11 bits per heavy atom. The summed E-state index contributed by atoms with van der Waals surface area (Å²) in [5.41, 5.74) is 1.45. The predicted molar refractivity (Wildman–Crippen MR) is 106 cm³/mol.